The van der Waals surface area contributed by atoms with Gasteiger partial charge in [0.05, 0.1) is 23.9 Å². The van der Waals surface area contributed by atoms with E-state index in [0.717, 1.165) is 5.56 Å². The molecule has 0 aliphatic heterocycles. The molecule has 2 aromatic rings. The van der Waals surface area contributed by atoms with E-state index >= 15 is 0 Å². The topological polar surface area (TPSA) is 50.7 Å². The van der Waals surface area contributed by atoms with Crippen LogP contribution in [0.3, 0.4) is 0 Å². The first-order valence-electron chi connectivity index (χ1n) is 6.02. The number of amides is 1. The first kappa shape index (κ1) is 15.4. The van der Waals surface area contributed by atoms with Crippen molar-refractivity contribution in [3.63, 3.8) is 0 Å². The number of methoxy groups -OCH3 is 1. The van der Waals surface area contributed by atoms with Gasteiger partial charge >= 0.3 is 0 Å². The van der Waals surface area contributed by atoms with Crippen LogP contribution in [0.1, 0.15) is 15.9 Å². The first-order valence-corrected chi connectivity index (χ1v) is 6.78. The molecule has 0 fully saturated rings. The van der Waals surface area contributed by atoms with Gasteiger partial charge in [0.15, 0.2) is 0 Å². The van der Waals surface area contributed by atoms with Crippen molar-refractivity contribution in [2.75, 3.05) is 7.11 Å². The Hall–Kier alpha value is -2.04. The molecule has 0 saturated carbocycles. The molecule has 0 bridgehead atoms. The lowest BCUT2D eigenvalue weighted by atomic mass is 10.2. The van der Waals surface area contributed by atoms with E-state index in [1.165, 1.54) is 12.3 Å². The molecule has 21 heavy (non-hydrogen) atoms. The van der Waals surface area contributed by atoms with Crippen LogP contribution in [-0.2, 0) is 0 Å². The van der Waals surface area contributed by atoms with Gasteiger partial charge in [-0.05, 0) is 35.9 Å². The van der Waals surface area contributed by atoms with Crippen molar-refractivity contribution in [3.8, 4) is 5.75 Å². The van der Waals surface area contributed by atoms with Crippen LogP contribution in [0.15, 0.2) is 47.6 Å². The number of nitrogens with zero attached hydrogens (tertiary/aromatic N) is 1. The van der Waals surface area contributed by atoms with E-state index in [4.69, 9.17) is 27.9 Å². The Bertz CT molecular complexity index is 687. The molecule has 108 valence electrons. The van der Waals surface area contributed by atoms with Crippen molar-refractivity contribution in [3.05, 3.63) is 63.6 Å². The number of rotatable bonds is 4. The van der Waals surface area contributed by atoms with Gasteiger partial charge < -0.3 is 4.74 Å². The summed E-state index contributed by atoms with van der Waals surface area (Å²) < 4.78 is 5.10. The number of benzene rings is 2. The third-order valence-corrected chi connectivity index (χ3v) is 3.20. The van der Waals surface area contributed by atoms with Crippen LogP contribution in [0.25, 0.3) is 0 Å². The average Bonchev–Trinajstić information content (AvgIpc) is 2.47. The fourth-order valence-electron chi connectivity index (χ4n) is 1.62. The molecule has 6 heteroatoms. The molecule has 1 N–H and O–H groups in total. The Morgan fingerprint density at radius 3 is 2.76 bits per heavy atom. The van der Waals surface area contributed by atoms with Gasteiger partial charge in [-0.25, -0.2) is 5.43 Å². The minimum absolute atomic E-state index is 0.275. The van der Waals surface area contributed by atoms with Crippen LogP contribution < -0.4 is 10.2 Å². The highest BCUT2D eigenvalue weighted by Gasteiger charge is 2.09. The van der Waals surface area contributed by atoms with E-state index < -0.39 is 5.91 Å². The second-order valence-electron chi connectivity index (χ2n) is 4.10. The number of carbonyl (C=O) groups excluding carboxylic acids is 1. The van der Waals surface area contributed by atoms with Crippen LogP contribution in [0, 0.1) is 0 Å². The standard InChI is InChI=1S/C15H12Cl2N2O2/c1-21-12-4-2-3-10(7-12)9-18-19-15(20)13-6-5-11(16)8-14(13)17/h2-9H,1H3,(H,19,20). The van der Waals surface area contributed by atoms with E-state index in [9.17, 15) is 4.79 Å². The molecule has 0 aromatic heterocycles. The summed E-state index contributed by atoms with van der Waals surface area (Å²) in [6.45, 7) is 0. The largest absolute Gasteiger partial charge is 0.497 e. The normalized spacial score (nSPS) is 10.6. The van der Waals surface area contributed by atoms with E-state index in [1.54, 1.807) is 25.3 Å². The lowest BCUT2D eigenvalue weighted by Crippen LogP contribution is -2.18. The number of halogens is 2. The summed E-state index contributed by atoms with van der Waals surface area (Å²) in [5, 5.41) is 4.63. The van der Waals surface area contributed by atoms with Crippen LogP contribution in [0.5, 0.6) is 5.75 Å². The molecule has 4 nitrogen and oxygen atoms in total. The summed E-state index contributed by atoms with van der Waals surface area (Å²) in [6.07, 6.45) is 1.52. The zero-order chi connectivity index (χ0) is 15.2. The molecule has 0 unspecified atom stereocenters. The molecule has 1 amide bonds. The molecule has 0 atom stereocenters. The molecule has 0 aliphatic carbocycles. The molecule has 0 heterocycles. The lowest BCUT2D eigenvalue weighted by molar-refractivity contribution is 0.0955. The number of ether oxygens (including phenoxy) is 1. The molecule has 2 aromatic carbocycles. The maximum absolute atomic E-state index is 11.9. The smallest absolute Gasteiger partial charge is 0.272 e. The Morgan fingerprint density at radius 2 is 2.05 bits per heavy atom. The number of hydrazone groups is 1. The average molecular weight is 323 g/mol. The second-order valence-corrected chi connectivity index (χ2v) is 4.94. The highest BCUT2D eigenvalue weighted by Crippen LogP contribution is 2.20. The SMILES string of the molecule is COc1cccc(C=NNC(=O)c2ccc(Cl)cc2Cl)c1. The van der Waals surface area contributed by atoms with Gasteiger partial charge in [-0.1, -0.05) is 35.3 Å². The predicted octanol–water partition coefficient (Wildman–Crippen LogP) is 3.77. The third kappa shape index (κ3) is 4.21. The van der Waals surface area contributed by atoms with Gasteiger partial charge in [0.25, 0.3) is 5.91 Å². The van der Waals surface area contributed by atoms with Crippen LogP contribution in [0.2, 0.25) is 10.0 Å². The first-order chi connectivity index (χ1) is 10.1. The Kier molecular flexibility index (Phi) is 5.20. The molecule has 0 saturated heterocycles. The molecular weight excluding hydrogens is 311 g/mol. The van der Waals surface area contributed by atoms with Gasteiger partial charge in [0.2, 0.25) is 0 Å². The predicted molar refractivity (Wildman–Crippen MR) is 84.5 cm³/mol. The molecule has 2 rings (SSSR count). The minimum Gasteiger partial charge on any atom is -0.497 e. The van der Waals surface area contributed by atoms with Gasteiger partial charge in [0.1, 0.15) is 5.75 Å². The van der Waals surface area contributed by atoms with Crippen molar-refractivity contribution in [1.82, 2.24) is 5.43 Å². The van der Waals surface area contributed by atoms with Gasteiger partial charge in [0, 0.05) is 5.02 Å². The zero-order valence-electron chi connectivity index (χ0n) is 11.1. The lowest BCUT2D eigenvalue weighted by Gasteiger charge is -2.03. The summed E-state index contributed by atoms with van der Waals surface area (Å²) >= 11 is 11.7. The second kappa shape index (κ2) is 7.11. The highest BCUT2D eigenvalue weighted by atomic mass is 35.5. The maximum atomic E-state index is 11.9. The summed E-state index contributed by atoms with van der Waals surface area (Å²) in [5.41, 5.74) is 3.52. The summed E-state index contributed by atoms with van der Waals surface area (Å²) in [4.78, 5) is 11.9. The Labute approximate surface area is 132 Å². The number of hydrogen-bond donors (Lipinski definition) is 1. The zero-order valence-corrected chi connectivity index (χ0v) is 12.7. The van der Waals surface area contributed by atoms with Crippen molar-refractivity contribution in [1.29, 1.82) is 0 Å². The molecule has 0 aliphatic rings. The van der Waals surface area contributed by atoms with Gasteiger partial charge in [-0.3, -0.25) is 4.79 Å². The van der Waals surface area contributed by atoms with Gasteiger partial charge in [-0.2, -0.15) is 5.10 Å². The van der Waals surface area contributed by atoms with Crippen molar-refractivity contribution < 1.29 is 9.53 Å². The number of hydrogen-bond acceptors (Lipinski definition) is 3. The van der Waals surface area contributed by atoms with Crippen LogP contribution >= 0.6 is 23.2 Å². The number of carbonyl (C=O) groups is 1. The Morgan fingerprint density at radius 1 is 1.24 bits per heavy atom. The van der Waals surface area contributed by atoms with E-state index in [2.05, 4.69) is 10.5 Å². The van der Waals surface area contributed by atoms with E-state index in [1.807, 2.05) is 18.2 Å². The summed E-state index contributed by atoms with van der Waals surface area (Å²) in [7, 11) is 1.58. The summed E-state index contributed by atoms with van der Waals surface area (Å²) in [5.74, 6) is 0.307. The highest BCUT2D eigenvalue weighted by molar-refractivity contribution is 6.36. The van der Waals surface area contributed by atoms with Crippen molar-refractivity contribution in [2.45, 2.75) is 0 Å². The minimum atomic E-state index is -0.407. The fourth-order valence-corrected chi connectivity index (χ4v) is 2.12. The maximum Gasteiger partial charge on any atom is 0.272 e. The van der Waals surface area contributed by atoms with E-state index in [-0.39, 0.29) is 5.02 Å². The third-order valence-electron chi connectivity index (χ3n) is 2.65. The monoisotopic (exact) mass is 322 g/mol. The summed E-state index contributed by atoms with van der Waals surface area (Å²) in [6, 6.07) is 11.9. The van der Waals surface area contributed by atoms with E-state index in [0.29, 0.717) is 16.3 Å². The molecular formula is C15H12Cl2N2O2. The van der Waals surface area contributed by atoms with Gasteiger partial charge in [-0.15, -0.1) is 0 Å². The molecule has 0 spiro atoms. The van der Waals surface area contributed by atoms with Crippen LogP contribution in [0.4, 0.5) is 0 Å². The quantitative estimate of drug-likeness (QED) is 0.688. The fraction of sp³-hybridized carbons (Fsp3) is 0.0667. The van der Waals surface area contributed by atoms with Crippen molar-refractivity contribution in [2.24, 2.45) is 5.10 Å². The van der Waals surface area contributed by atoms with Crippen LogP contribution in [-0.4, -0.2) is 19.2 Å². The Balaban J connectivity index is 2.04. The van der Waals surface area contributed by atoms with Crippen molar-refractivity contribution >= 4 is 35.3 Å². The molecule has 0 radical (unpaired) electrons. The number of nitrogens with one attached hydrogen (secondary N) is 1.